The van der Waals surface area contributed by atoms with Gasteiger partial charge in [-0.15, -0.1) is 0 Å². The van der Waals surface area contributed by atoms with Crippen LogP contribution in [0.5, 0.6) is 0 Å². The van der Waals surface area contributed by atoms with Gasteiger partial charge in [0, 0.05) is 24.2 Å². The number of Topliss-reactive ketones (excluding diaryl/α,β-unsaturated/α-hetero) is 1. The largest absolute Gasteiger partial charge is 0.458 e. The first-order valence-corrected chi connectivity index (χ1v) is 13.8. The molecule has 3 N–H and O–H groups in total. The van der Waals surface area contributed by atoms with Gasteiger partial charge in [0.25, 0.3) is 0 Å². The van der Waals surface area contributed by atoms with E-state index in [0.29, 0.717) is 36.7 Å². The van der Waals surface area contributed by atoms with Gasteiger partial charge in [-0.25, -0.2) is 4.79 Å². The molecule has 35 heavy (non-hydrogen) atoms. The molecule has 5 rings (SSSR count). The molecule has 1 heterocycles. The van der Waals surface area contributed by atoms with Gasteiger partial charge >= 0.3 is 5.97 Å². The third-order valence-corrected chi connectivity index (χ3v) is 11.9. The number of cyclic esters (lactones) is 1. The molecule has 4 fully saturated rings. The molecule has 5 aliphatic rings. The Morgan fingerprint density at radius 3 is 2.46 bits per heavy atom. The van der Waals surface area contributed by atoms with E-state index in [1.165, 1.54) is 0 Å². The number of esters is 1. The molecule has 0 saturated heterocycles. The van der Waals surface area contributed by atoms with Gasteiger partial charge in [0.1, 0.15) is 11.9 Å². The smallest absolute Gasteiger partial charge is 0.336 e. The van der Waals surface area contributed by atoms with Crippen molar-refractivity contribution in [3.8, 4) is 0 Å². The van der Waals surface area contributed by atoms with Gasteiger partial charge in [-0.05, 0) is 80.0 Å². The van der Waals surface area contributed by atoms with E-state index >= 15 is 0 Å². The fourth-order valence-electron chi connectivity index (χ4n) is 9.90. The Balaban J connectivity index is 1.40. The highest BCUT2D eigenvalue weighted by Gasteiger charge is 2.66. The third-order valence-electron chi connectivity index (χ3n) is 11.9. The van der Waals surface area contributed by atoms with Gasteiger partial charge in [-0.3, -0.25) is 4.79 Å². The first-order chi connectivity index (χ1) is 16.4. The van der Waals surface area contributed by atoms with E-state index in [0.717, 1.165) is 31.3 Å². The van der Waals surface area contributed by atoms with Crippen LogP contribution in [0.1, 0.15) is 79.6 Å². The summed E-state index contributed by atoms with van der Waals surface area (Å²) in [6.45, 7) is 10.2. The predicted molar refractivity (Wildman–Crippen MR) is 131 cm³/mol. The topological polar surface area (TPSA) is 104 Å². The zero-order valence-electron chi connectivity index (χ0n) is 22.0. The van der Waals surface area contributed by atoms with Crippen LogP contribution in [0.2, 0.25) is 0 Å². The van der Waals surface area contributed by atoms with Crippen molar-refractivity contribution >= 4 is 11.8 Å². The second-order valence-corrected chi connectivity index (χ2v) is 13.2. The quantitative estimate of drug-likeness (QED) is 0.524. The molecule has 12 atom stereocenters. The van der Waals surface area contributed by atoms with E-state index in [4.69, 9.17) is 4.74 Å². The van der Waals surface area contributed by atoms with Crippen LogP contribution in [0.25, 0.3) is 0 Å². The van der Waals surface area contributed by atoms with Crippen molar-refractivity contribution in [2.45, 2.75) is 97.9 Å². The summed E-state index contributed by atoms with van der Waals surface area (Å²) in [7, 11) is 0. The number of carbonyl (C=O) groups excluding carboxylic acids is 2. The molecule has 0 spiro atoms. The molecule has 6 nitrogen and oxygen atoms in total. The Labute approximate surface area is 209 Å². The summed E-state index contributed by atoms with van der Waals surface area (Å²) >= 11 is 0. The number of ether oxygens (including phenoxy) is 1. The van der Waals surface area contributed by atoms with Crippen molar-refractivity contribution in [1.82, 2.24) is 0 Å². The lowest BCUT2D eigenvalue weighted by Crippen LogP contribution is -2.65. The normalized spacial score (nSPS) is 50.8. The van der Waals surface area contributed by atoms with E-state index < -0.39 is 17.6 Å². The van der Waals surface area contributed by atoms with Crippen LogP contribution in [-0.4, -0.2) is 52.0 Å². The van der Waals surface area contributed by atoms with Gasteiger partial charge in [0.05, 0.1) is 24.4 Å². The maximum absolute atomic E-state index is 13.5. The van der Waals surface area contributed by atoms with Gasteiger partial charge in [-0.2, -0.15) is 0 Å². The SMILES string of the molecule is CC1=C(CO)C(=O)O[C@@H]([C@@H](C)C2CCC3C4C[C@@H](O)C5[C@@H](O)[C@@H](C)CC(=O)[C@]5(C)C4CC[C@@]32C)C1. The standard InChI is InChI=1S/C29H44O6/c1-14-10-23(35-27(34)18(14)13-30)16(3)19-6-7-20-17-12-22(31)25-26(33)15(2)11-24(32)29(25,5)21(17)8-9-28(19,20)4/h15-17,19-23,25-26,30-31,33H,6-13H2,1-5H3/t15-,16-,17?,19?,20?,21?,22+,23+,25?,26-,28+,29-/m0/s1. The molecule has 4 saturated carbocycles. The van der Waals surface area contributed by atoms with Crippen molar-refractivity contribution in [3.05, 3.63) is 11.1 Å². The molecule has 0 radical (unpaired) electrons. The lowest BCUT2D eigenvalue weighted by atomic mass is 9.42. The van der Waals surface area contributed by atoms with E-state index in [1.807, 2.05) is 20.8 Å². The number of hydrogen-bond donors (Lipinski definition) is 3. The van der Waals surface area contributed by atoms with Crippen molar-refractivity contribution in [2.24, 2.45) is 52.3 Å². The number of rotatable bonds is 3. The number of aliphatic hydroxyl groups is 3. The van der Waals surface area contributed by atoms with E-state index in [1.54, 1.807) is 0 Å². The van der Waals surface area contributed by atoms with Gasteiger partial charge in [0.2, 0.25) is 0 Å². The molecule has 5 unspecified atom stereocenters. The molecule has 4 aliphatic carbocycles. The number of ketones is 1. The molecular formula is C29H44O6. The number of fused-ring (bicyclic) bond motifs is 5. The lowest BCUT2D eigenvalue weighted by molar-refractivity contribution is -0.201. The molecule has 0 aromatic carbocycles. The highest BCUT2D eigenvalue weighted by atomic mass is 16.5. The Kier molecular flexibility index (Phi) is 6.29. The minimum atomic E-state index is -0.652. The summed E-state index contributed by atoms with van der Waals surface area (Å²) in [5.74, 6) is 0.921. The molecule has 0 amide bonds. The highest BCUT2D eigenvalue weighted by molar-refractivity contribution is 5.90. The minimum Gasteiger partial charge on any atom is -0.458 e. The molecule has 6 heteroatoms. The average Bonchev–Trinajstić information content (AvgIpc) is 3.14. The zero-order valence-corrected chi connectivity index (χ0v) is 22.0. The van der Waals surface area contributed by atoms with Crippen LogP contribution < -0.4 is 0 Å². The fourth-order valence-corrected chi connectivity index (χ4v) is 9.90. The Morgan fingerprint density at radius 2 is 1.80 bits per heavy atom. The summed E-state index contributed by atoms with van der Waals surface area (Å²) < 4.78 is 5.84. The van der Waals surface area contributed by atoms with Crippen LogP contribution in [0.15, 0.2) is 11.1 Å². The Hall–Kier alpha value is -1.24. The number of aliphatic hydroxyl groups excluding tert-OH is 3. The Bertz CT molecular complexity index is 926. The minimum absolute atomic E-state index is 0.0778. The first-order valence-electron chi connectivity index (χ1n) is 13.8. The summed E-state index contributed by atoms with van der Waals surface area (Å²) in [6, 6.07) is 0. The first kappa shape index (κ1) is 25.4. The third kappa shape index (κ3) is 3.53. The predicted octanol–water partition coefficient (Wildman–Crippen LogP) is 3.66. The van der Waals surface area contributed by atoms with Crippen LogP contribution in [0.3, 0.4) is 0 Å². The molecule has 0 aromatic heterocycles. The second kappa shape index (κ2) is 8.66. The van der Waals surface area contributed by atoms with Crippen molar-refractivity contribution in [1.29, 1.82) is 0 Å². The summed E-state index contributed by atoms with van der Waals surface area (Å²) in [6.07, 6.45) is 4.43. The maximum atomic E-state index is 13.5. The molecular weight excluding hydrogens is 444 g/mol. The molecule has 1 aliphatic heterocycles. The van der Waals surface area contributed by atoms with E-state index in [-0.39, 0.29) is 59.5 Å². The summed E-state index contributed by atoms with van der Waals surface area (Å²) in [4.78, 5) is 26.0. The van der Waals surface area contributed by atoms with Gasteiger partial charge in [0.15, 0.2) is 0 Å². The van der Waals surface area contributed by atoms with Gasteiger partial charge in [-0.1, -0.05) is 33.3 Å². The van der Waals surface area contributed by atoms with Gasteiger partial charge < -0.3 is 20.1 Å². The molecule has 0 aromatic rings. The highest BCUT2D eigenvalue weighted by Crippen LogP contribution is 2.68. The Morgan fingerprint density at radius 1 is 1.09 bits per heavy atom. The number of carbonyl (C=O) groups is 2. The van der Waals surface area contributed by atoms with Crippen molar-refractivity contribution in [2.75, 3.05) is 6.61 Å². The molecule has 196 valence electrons. The summed E-state index contributed by atoms with van der Waals surface area (Å²) in [5.41, 5.74) is 0.758. The van der Waals surface area contributed by atoms with Crippen LogP contribution in [0.4, 0.5) is 0 Å². The van der Waals surface area contributed by atoms with Crippen LogP contribution in [-0.2, 0) is 14.3 Å². The van der Waals surface area contributed by atoms with E-state index in [9.17, 15) is 24.9 Å². The fraction of sp³-hybridized carbons (Fsp3) is 0.862. The van der Waals surface area contributed by atoms with E-state index in [2.05, 4.69) is 13.8 Å². The van der Waals surface area contributed by atoms with Crippen LogP contribution >= 0.6 is 0 Å². The van der Waals surface area contributed by atoms with Crippen molar-refractivity contribution in [3.63, 3.8) is 0 Å². The number of hydrogen-bond acceptors (Lipinski definition) is 6. The zero-order chi connectivity index (χ0) is 25.4. The average molecular weight is 489 g/mol. The monoisotopic (exact) mass is 488 g/mol. The van der Waals surface area contributed by atoms with Crippen molar-refractivity contribution < 1.29 is 29.6 Å². The summed E-state index contributed by atoms with van der Waals surface area (Å²) in [5, 5.41) is 31.9. The lowest BCUT2D eigenvalue weighted by Gasteiger charge is -2.62. The second-order valence-electron chi connectivity index (χ2n) is 13.2. The molecule has 0 bridgehead atoms. The van der Waals surface area contributed by atoms with Crippen LogP contribution in [0, 0.1) is 52.3 Å². The maximum Gasteiger partial charge on any atom is 0.336 e.